The van der Waals surface area contributed by atoms with E-state index >= 15 is 0 Å². The maximum atomic E-state index is 4.30. The Morgan fingerprint density at radius 3 is 2.24 bits per heavy atom. The molecule has 0 unspecified atom stereocenters. The van der Waals surface area contributed by atoms with Crippen molar-refractivity contribution in [2.24, 2.45) is 11.8 Å². The van der Waals surface area contributed by atoms with E-state index in [1.807, 2.05) is 19.3 Å². The Morgan fingerprint density at radius 2 is 1.71 bits per heavy atom. The Morgan fingerprint density at radius 1 is 1.12 bits per heavy atom. The van der Waals surface area contributed by atoms with Gasteiger partial charge in [-0.3, -0.25) is 0 Å². The summed E-state index contributed by atoms with van der Waals surface area (Å²) < 4.78 is 0. The first kappa shape index (κ1) is 12.3. The average Bonchev–Trinajstić information content (AvgIpc) is 2.33. The van der Waals surface area contributed by atoms with E-state index in [4.69, 9.17) is 0 Å². The van der Waals surface area contributed by atoms with Crippen LogP contribution >= 0.6 is 0 Å². The molecule has 3 nitrogen and oxygen atoms in total. The lowest BCUT2D eigenvalue weighted by atomic mass is 9.80. The fraction of sp³-hybridized carbons (Fsp3) is 0.714. The van der Waals surface area contributed by atoms with Crippen molar-refractivity contribution in [2.45, 2.75) is 52.5 Å². The van der Waals surface area contributed by atoms with Crippen LogP contribution in [0.2, 0.25) is 0 Å². The number of hydrogen-bond acceptors (Lipinski definition) is 3. The van der Waals surface area contributed by atoms with Gasteiger partial charge in [0.05, 0.1) is 0 Å². The molecule has 2 rings (SSSR count). The van der Waals surface area contributed by atoms with Crippen LogP contribution in [-0.2, 0) is 0 Å². The molecule has 1 aromatic heterocycles. The summed E-state index contributed by atoms with van der Waals surface area (Å²) in [5, 5.41) is 3.45. The molecular formula is C14H23N3. The number of aryl methyl sites for hydroxylation is 1. The molecule has 0 aliphatic heterocycles. The zero-order chi connectivity index (χ0) is 12.3. The number of aromatic nitrogens is 2. The Labute approximate surface area is 104 Å². The van der Waals surface area contributed by atoms with E-state index in [0.717, 1.165) is 23.3 Å². The third kappa shape index (κ3) is 3.42. The summed E-state index contributed by atoms with van der Waals surface area (Å²) in [4.78, 5) is 8.61. The Bertz CT molecular complexity index is 337. The maximum absolute atomic E-state index is 4.30. The van der Waals surface area contributed by atoms with Crippen LogP contribution in [-0.4, -0.2) is 16.0 Å². The number of rotatable bonds is 3. The third-order valence-electron chi connectivity index (χ3n) is 3.83. The molecule has 1 fully saturated rings. The van der Waals surface area contributed by atoms with Crippen molar-refractivity contribution < 1.29 is 0 Å². The van der Waals surface area contributed by atoms with Crippen molar-refractivity contribution >= 4 is 5.95 Å². The predicted octanol–water partition coefficient (Wildman–Crippen LogP) is 3.41. The highest BCUT2D eigenvalue weighted by Crippen LogP contribution is 2.30. The maximum Gasteiger partial charge on any atom is 0.222 e. The van der Waals surface area contributed by atoms with Crippen LogP contribution in [0.4, 0.5) is 5.95 Å². The van der Waals surface area contributed by atoms with Gasteiger partial charge < -0.3 is 5.32 Å². The van der Waals surface area contributed by atoms with Crippen LogP contribution in [0.5, 0.6) is 0 Å². The SMILES string of the molecule is Cc1cnc(NC2CCC(C(C)C)CC2)nc1. The third-order valence-corrected chi connectivity index (χ3v) is 3.83. The lowest BCUT2D eigenvalue weighted by Crippen LogP contribution is -2.28. The molecule has 0 saturated heterocycles. The second-order valence-electron chi connectivity index (χ2n) is 5.58. The number of nitrogens with one attached hydrogen (secondary N) is 1. The summed E-state index contributed by atoms with van der Waals surface area (Å²) in [6.45, 7) is 6.68. The monoisotopic (exact) mass is 233 g/mol. The van der Waals surface area contributed by atoms with Gasteiger partial charge in [0.2, 0.25) is 5.95 Å². The highest BCUT2D eigenvalue weighted by Gasteiger charge is 2.23. The minimum Gasteiger partial charge on any atom is -0.351 e. The minimum absolute atomic E-state index is 0.563. The summed E-state index contributed by atoms with van der Waals surface area (Å²) >= 11 is 0. The van der Waals surface area contributed by atoms with Crippen LogP contribution in [0.25, 0.3) is 0 Å². The second kappa shape index (κ2) is 5.48. The summed E-state index contributed by atoms with van der Waals surface area (Å²) in [7, 11) is 0. The van der Waals surface area contributed by atoms with E-state index in [2.05, 4.69) is 29.1 Å². The first-order valence-electron chi connectivity index (χ1n) is 6.70. The molecule has 0 spiro atoms. The van der Waals surface area contributed by atoms with Crippen LogP contribution in [0.1, 0.15) is 45.1 Å². The van der Waals surface area contributed by atoms with E-state index in [9.17, 15) is 0 Å². The molecule has 1 aliphatic rings. The lowest BCUT2D eigenvalue weighted by Gasteiger charge is -2.31. The first-order valence-corrected chi connectivity index (χ1v) is 6.70. The quantitative estimate of drug-likeness (QED) is 0.869. The van der Waals surface area contributed by atoms with Crippen molar-refractivity contribution in [2.75, 3.05) is 5.32 Å². The second-order valence-corrected chi connectivity index (χ2v) is 5.58. The van der Waals surface area contributed by atoms with Crippen molar-refractivity contribution in [3.8, 4) is 0 Å². The zero-order valence-electron chi connectivity index (χ0n) is 11.1. The Balaban J connectivity index is 1.84. The standard InChI is InChI=1S/C14H23N3/c1-10(2)12-4-6-13(7-5-12)17-14-15-8-11(3)9-16-14/h8-10,12-13H,4-7H2,1-3H3,(H,15,16,17). The Kier molecular flexibility index (Phi) is 3.97. The number of hydrogen-bond donors (Lipinski definition) is 1. The molecule has 1 heterocycles. The molecule has 0 bridgehead atoms. The lowest BCUT2D eigenvalue weighted by molar-refractivity contribution is 0.266. The van der Waals surface area contributed by atoms with Gasteiger partial charge >= 0.3 is 0 Å². The molecule has 1 aliphatic carbocycles. The molecular weight excluding hydrogens is 210 g/mol. The van der Waals surface area contributed by atoms with Crippen molar-refractivity contribution in [1.29, 1.82) is 0 Å². The molecule has 0 radical (unpaired) electrons. The molecule has 3 heteroatoms. The van der Waals surface area contributed by atoms with E-state index in [1.54, 1.807) is 0 Å². The van der Waals surface area contributed by atoms with E-state index in [1.165, 1.54) is 25.7 Å². The van der Waals surface area contributed by atoms with Crippen molar-refractivity contribution in [3.05, 3.63) is 18.0 Å². The zero-order valence-corrected chi connectivity index (χ0v) is 11.1. The highest BCUT2D eigenvalue weighted by molar-refractivity contribution is 5.26. The van der Waals surface area contributed by atoms with Crippen molar-refractivity contribution in [3.63, 3.8) is 0 Å². The van der Waals surface area contributed by atoms with Gasteiger partial charge in [-0.15, -0.1) is 0 Å². The van der Waals surface area contributed by atoms with Gasteiger partial charge in [0.15, 0.2) is 0 Å². The Hall–Kier alpha value is -1.12. The molecule has 94 valence electrons. The average molecular weight is 233 g/mol. The summed E-state index contributed by atoms with van der Waals surface area (Å²) in [6, 6.07) is 0.563. The fourth-order valence-corrected chi connectivity index (χ4v) is 2.58. The highest BCUT2D eigenvalue weighted by atomic mass is 15.1. The number of anilines is 1. The predicted molar refractivity (Wildman–Crippen MR) is 71.0 cm³/mol. The summed E-state index contributed by atoms with van der Waals surface area (Å²) in [5.41, 5.74) is 1.11. The topological polar surface area (TPSA) is 37.8 Å². The van der Waals surface area contributed by atoms with Crippen LogP contribution < -0.4 is 5.32 Å². The smallest absolute Gasteiger partial charge is 0.222 e. The van der Waals surface area contributed by atoms with Crippen LogP contribution in [0.3, 0.4) is 0 Å². The van der Waals surface area contributed by atoms with Gasteiger partial charge in [-0.05, 0) is 50.0 Å². The van der Waals surface area contributed by atoms with Gasteiger partial charge in [0, 0.05) is 18.4 Å². The van der Waals surface area contributed by atoms with E-state index in [-0.39, 0.29) is 0 Å². The van der Waals surface area contributed by atoms with Gasteiger partial charge in [0.25, 0.3) is 0 Å². The van der Waals surface area contributed by atoms with E-state index in [0.29, 0.717) is 6.04 Å². The van der Waals surface area contributed by atoms with Crippen LogP contribution in [0, 0.1) is 18.8 Å². The molecule has 0 atom stereocenters. The molecule has 1 N–H and O–H groups in total. The molecule has 1 saturated carbocycles. The van der Waals surface area contributed by atoms with Gasteiger partial charge in [-0.2, -0.15) is 0 Å². The van der Waals surface area contributed by atoms with Gasteiger partial charge in [0.1, 0.15) is 0 Å². The molecule has 17 heavy (non-hydrogen) atoms. The molecule has 1 aromatic rings. The van der Waals surface area contributed by atoms with Gasteiger partial charge in [-0.1, -0.05) is 13.8 Å². The first-order chi connectivity index (χ1) is 8.15. The molecule has 0 aromatic carbocycles. The van der Waals surface area contributed by atoms with Crippen LogP contribution in [0.15, 0.2) is 12.4 Å². The summed E-state index contributed by atoms with van der Waals surface area (Å²) in [6.07, 6.45) is 8.91. The largest absolute Gasteiger partial charge is 0.351 e. The fourth-order valence-electron chi connectivity index (χ4n) is 2.58. The summed E-state index contributed by atoms with van der Waals surface area (Å²) in [5.74, 6) is 2.52. The minimum atomic E-state index is 0.563. The van der Waals surface area contributed by atoms with Crippen molar-refractivity contribution in [1.82, 2.24) is 9.97 Å². The molecule has 0 amide bonds. The van der Waals surface area contributed by atoms with Gasteiger partial charge in [-0.25, -0.2) is 9.97 Å². The van der Waals surface area contributed by atoms with E-state index < -0.39 is 0 Å². The number of nitrogens with zero attached hydrogens (tertiary/aromatic N) is 2. The normalized spacial score (nSPS) is 24.9.